The third-order valence-electron chi connectivity index (χ3n) is 3.01. The smallest absolute Gasteiger partial charge is 0.358 e. The van der Waals surface area contributed by atoms with Crippen LogP contribution in [0.5, 0.6) is 0 Å². The Morgan fingerprint density at radius 3 is 2.25 bits per heavy atom. The molecule has 2 amide bonds. The molecule has 1 aromatic carbocycles. The summed E-state index contributed by atoms with van der Waals surface area (Å²) in [6, 6.07) is 6.31. The number of amides is 2. The zero-order valence-corrected chi connectivity index (χ0v) is 11.3. The van der Waals surface area contributed by atoms with Gasteiger partial charge in [0.25, 0.3) is 11.8 Å². The predicted octanol–water partition coefficient (Wildman–Crippen LogP) is 1.56. The van der Waals surface area contributed by atoms with Gasteiger partial charge in [0.2, 0.25) is 0 Å². The lowest BCUT2D eigenvalue weighted by Gasteiger charge is -2.14. The summed E-state index contributed by atoms with van der Waals surface area (Å²) in [6.45, 7) is 3.43. The van der Waals surface area contributed by atoms with Gasteiger partial charge in [0.1, 0.15) is 6.61 Å². The fraction of sp³-hybridized carbons (Fsp3) is 0.357. The Labute approximate surface area is 116 Å². The van der Waals surface area contributed by atoms with Gasteiger partial charge in [-0.25, -0.2) is 4.79 Å². The summed E-state index contributed by atoms with van der Waals surface area (Å²) >= 11 is 0. The van der Waals surface area contributed by atoms with Gasteiger partial charge in [-0.1, -0.05) is 24.1 Å². The Kier molecular flexibility index (Phi) is 4.14. The van der Waals surface area contributed by atoms with E-state index in [2.05, 4.69) is 0 Å². The maximum Gasteiger partial charge on any atom is 0.358 e. The molecule has 0 fully saturated rings. The Bertz CT molecular complexity index is 519. The van der Waals surface area contributed by atoms with Crippen LogP contribution in [0.4, 0.5) is 0 Å². The second-order valence-electron chi connectivity index (χ2n) is 4.44. The second-order valence-corrected chi connectivity index (χ2v) is 4.44. The molecular formula is C14H15NO5. The number of hydrogen-bond acceptors (Lipinski definition) is 5. The van der Waals surface area contributed by atoms with Crippen LogP contribution in [0.2, 0.25) is 0 Å². The van der Waals surface area contributed by atoms with Crippen LogP contribution < -0.4 is 0 Å². The van der Waals surface area contributed by atoms with E-state index in [0.29, 0.717) is 5.06 Å². The van der Waals surface area contributed by atoms with E-state index in [1.165, 1.54) is 12.1 Å². The first-order valence-electron chi connectivity index (χ1n) is 6.34. The van der Waals surface area contributed by atoms with E-state index in [4.69, 9.17) is 9.57 Å². The van der Waals surface area contributed by atoms with E-state index in [0.717, 1.165) is 6.42 Å². The van der Waals surface area contributed by atoms with E-state index < -0.39 is 17.8 Å². The van der Waals surface area contributed by atoms with Crippen molar-refractivity contribution in [1.29, 1.82) is 0 Å². The number of rotatable bonds is 5. The molecule has 0 bridgehead atoms. The van der Waals surface area contributed by atoms with Gasteiger partial charge in [-0.05, 0) is 25.5 Å². The molecule has 0 aliphatic carbocycles. The van der Waals surface area contributed by atoms with E-state index in [1.807, 2.05) is 13.8 Å². The highest BCUT2D eigenvalue weighted by Gasteiger charge is 2.38. The molecule has 0 aromatic heterocycles. The zero-order chi connectivity index (χ0) is 14.7. The standard InChI is InChI=1S/C14H15NO5/c1-3-9(2)19-8-12(16)20-15-13(17)10-6-4-5-7-11(10)14(15)18/h4-7,9H,3,8H2,1-2H3. The van der Waals surface area contributed by atoms with E-state index in [1.54, 1.807) is 12.1 Å². The molecule has 0 saturated heterocycles. The number of carbonyl (C=O) groups excluding carboxylic acids is 3. The minimum Gasteiger partial charge on any atom is -0.367 e. The third kappa shape index (κ3) is 2.70. The summed E-state index contributed by atoms with van der Waals surface area (Å²) in [6.07, 6.45) is 0.657. The molecule has 1 heterocycles. The van der Waals surface area contributed by atoms with Gasteiger partial charge in [0.05, 0.1) is 17.2 Å². The molecule has 0 radical (unpaired) electrons. The van der Waals surface area contributed by atoms with Crippen molar-refractivity contribution in [2.75, 3.05) is 6.61 Å². The molecule has 2 rings (SSSR count). The van der Waals surface area contributed by atoms with Gasteiger partial charge in [-0.2, -0.15) is 0 Å². The largest absolute Gasteiger partial charge is 0.367 e. The molecule has 0 N–H and O–H groups in total. The molecule has 0 saturated carbocycles. The van der Waals surface area contributed by atoms with Crippen molar-refractivity contribution >= 4 is 17.8 Å². The normalized spacial score (nSPS) is 15.2. The van der Waals surface area contributed by atoms with Crippen molar-refractivity contribution in [3.05, 3.63) is 35.4 Å². The average molecular weight is 277 g/mol. The zero-order valence-electron chi connectivity index (χ0n) is 11.3. The number of ether oxygens (including phenoxy) is 1. The van der Waals surface area contributed by atoms with Crippen molar-refractivity contribution in [2.45, 2.75) is 26.4 Å². The maximum absolute atomic E-state index is 11.9. The Hall–Kier alpha value is -2.21. The van der Waals surface area contributed by atoms with E-state index >= 15 is 0 Å². The summed E-state index contributed by atoms with van der Waals surface area (Å²) < 4.78 is 5.19. The minimum absolute atomic E-state index is 0.0928. The molecule has 6 nitrogen and oxygen atoms in total. The fourth-order valence-electron chi connectivity index (χ4n) is 1.71. The Balaban J connectivity index is 2.00. The molecule has 106 valence electrons. The molecular weight excluding hydrogens is 262 g/mol. The lowest BCUT2D eigenvalue weighted by Crippen LogP contribution is -2.34. The minimum atomic E-state index is -0.778. The fourth-order valence-corrected chi connectivity index (χ4v) is 1.71. The first-order valence-corrected chi connectivity index (χ1v) is 6.34. The number of hydrogen-bond donors (Lipinski definition) is 0. The first kappa shape index (κ1) is 14.2. The van der Waals surface area contributed by atoms with Crippen LogP contribution in [0.3, 0.4) is 0 Å². The van der Waals surface area contributed by atoms with Crippen LogP contribution >= 0.6 is 0 Å². The van der Waals surface area contributed by atoms with Crippen LogP contribution in [0.15, 0.2) is 24.3 Å². The lowest BCUT2D eigenvalue weighted by atomic mass is 10.1. The van der Waals surface area contributed by atoms with Gasteiger partial charge in [-0.15, -0.1) is 0 Å². The highest BCUT2D eigenvalue weighted by molar-refractivity contribution is 6.20. The average Bonchev–Trinajstić information content (AvgIpc) is 2.70. The quantitative estimate of drug-likeness (QED) is 0.764. The number of hydroxylamine groups is 2. The topological polar surface area (TPSA) is 72.9 Å². The SMILES string of the molecule is CCC(C)OCC(=O)ON1C(=O)c2ccccc2C1=O. The van der Waals surface area contributed by atoms with Gasteiger partial charge in [-0.3, -0.25) is 9.59 Å². The molecule has 1 atom stereocenters. The molecule has 1 unspecified atom stereocenters. The van der Waals surface area contributed by atoms with E-state index in [9.17, 15) is 14.4 Å². The highest BCUT2D eigenvalue weighted by atomic mass is 16.7. The molecule has 20 heavy (non-hydrogen) atoms. The van der Waals surface area contributed by atoms with Crippen LogP contribution in [-0.4, -0.2) is 35.6 Å². The maximum atomic E-state index is 11.9. The number of benzene rings is 1. The van der Waals surface area contributed by atoms with Crippen LogP contribution in [0.1, 0.15) is 41.0 Å². The van der Waals surface area contributed by atoms with Crippen molar-refractivity contribution in [3.8, 4) is 0 Å². The van der Waals surface area contributed by atoms with Crippen molar-refractivity contribution < 1.29 is 24.0 Å². The monoisotopic (exact) mass is 277 g/mol. The summed E-state index contributed by atoms with van der Waals surface area (Å²) in [4.78, 5) is 40.2. The molecule has 0 spiro atoms. The highest BCUT2D eigenvalue weighted by Crippen LogP contribution is 2.22. The van der Waals surface area contributed by atoms with E-state index in [-0.39, 0.29) is 23.8 Å². The summed E-state index contributed by atoms with van der Waals surface area (Å²) in [5.74, 6) is -2.05. The van der Waals surface area contributed by atoms with Crippen molar-refractivity contribution in [1.82, 2.24) is 5.06 Å². The van der Waals surface area contributed by atoms with Crippen molar-refractivity contribution in [2.24, 2.45) is 0 Å². The molecule has 1 aliphatic heterocycles. The van der Waals surface area contributed by atoms with Gasteiger partial charge in [0, 0.05) is 0 Å². The van der Waals surface area contributed by atoms with Crippen LogP contribution in [0.25, 0.3) is 0 Å². The van der Waals surface area contributed by atoms with Gasteiger partial charge >= 0.3 is 5.97 Å². The van der Waals surface area contributed by atoms with Crippen LogP contribution in [0, 0.1) is 0 Å². The van der Waals surface area contributed by atoms with Crippen LogP contribution in [-0.2, 0) is 14.4 Å². The van der Waals surface area contributed by atoms with Gasteiger partial charge < -0.3 is 9.57 Å². The number of fused-ring (bicyclic) bond motifs is 1. The number of carbonyl (C=O) groups is 3. The summed E-state index contributed by atoms with van der Waals surface area (Å²) in [5, 5.41) is 0.479. The first-order chi connectivity index (χ1) is 9.54. The molecule has 1 aromatic rings. The number of nitrogens with zero attached hydrogens (tertiary/aromatic N) is 1. The molecule has 1 aliphatic rings. The second kappa shape index (κ2) is 5.83. The Morgan fingerprint density at radius 1 is 1.20 bits per heavy atom. The predicted molar refractivity (Wildman–Crippen MR) is 68.7 cm³/mol. The Morgan fingerprint density at radius 2 is 1.75 bits per heavy atom. The number of imide groups is 1. The molecule has 6 heteroatoms. The summed E-state index contributed by atoms with van der Waals surface area (Å²) in [7, 11) is 0. The lowest BCUT2D eigenvalue weighted by molar-refractivity contribution is -0.175. The van der Waals surface area contributed by atoms with Gasteiger partial charge in [0.15, 0.2) is 0 Å². The summed E-state index contributed by atoms with van der Waals surface area (Å²) in [5.41, 5.74) is 0.460. The van der Waals surface area contributed by atoms with Crippen molar-refractivity contribution in [3.63, 3.8) is 0 Å². The third-order valence-corrected chi connectivity index (χ3v) is 3.01.